The van der Waals surface area contributed by atoms with Gasteiger partial charge in [0.2, 0.25) is 0 Å². The van der Waals surface area contributed by atoms with Crippen LogP contribution in [0.15, 0.2) is 0 Å². The van der Waals surface area contributed by atoms with E-state index in [1.807, 2.05) is 13.8 Å². The van der Waals surface area contributed by atoms with Gasteiger partial charge in [-0.05, 0) is 11.8 Å². The van der Waals surface area contributed by atoms with Crippen molar-refractivity contribution < 1.29 is 9.90 Å². The van der Waals surface area contributed by atoms with Crippen molar-refractivity contribution in [3.8, 4) is 0 Å². The molecule has 1 aliphatic heterocycles. The molecule has 0 saturated carbocycles. The van der Waals surface area contributed by atoms with Gasteiger partial charge in [0, 0.05) is 32.7 Å². The van der Waals surface area contributed by atoms with E-state index in [4.69, 9.17) is 0 Å². The monoisotopic (exact) mass is 242 g/mol. The fourth-order valence-electron chi connectivity index (χ4n) is 2.60. The topological polar surface area (TPSA) is 43.8 Å². The second-order valence-corrected chi connectivity index (χ2v) is 5.76. The first kappa shape index (κ1) is 14.5. The predicted molar refractivity (Wildman–Crippen MR) is 69.1 cm³/mol. The molecule has 0 aromatic rings. The zero-order valence-electron chi connectivity index (χ0n) is 11.5. The van der Waals surface area contributed by atoms with Crippen molar-refractivity contribution in [1.82, 2.24) is 9.80 Å². The molecule has 17 heavy (non-hydrogen) atoms. The number of piperazine rings is 1. The molecule has 1 heterocycles. The van der Waals surface area contributed by atoms with Crippen LogP contribution in [-0.4, -0.2) is 59.6 Å². The van der Waals surface area contributed by atoms with Gasteiger partial charge in [-0.1, -0.05) is 27.7 Å². The Bertz CT molecular complexity index is 246. The summed E-state index contributed by atoms with van der Waals surface area (Å²) in [4.78, 5) is 15.8. The molecule has 1 unspecified atom stereocenters. The van der Waals surface area contributed by atoms with Gasteiger partial charge in [0.05, 0.1) is 0 Å². The van der Waals surface area contributed by atoms with Gasteiger partial charge in [0.15, 0.2) is 0 Å². The summed E-state index contributed by atoms with van der Waals surface area (Å²) in [6.45, 7) is 13.3. The first-order valence-corrected chi connectivity index (χ1v) is 6.61. The normalized spacial score (nSPS) is 21.1. The van der Waals surface area contributed by atoms with Crippen molar-refractivity contribution in [2.45, 2.75) is 33.7 Å². The Hall–Kier alpha value is -0.610. The van der Waals surface area contributed by atoms with E-state index in [2.05, 4.69) is 23.6 Å². The van der Waals surface area contributed by atoms with Crippen molar-refractivity contribution in [3.63, 3.8) is 0 Å². The van der Waals surface area contributed by atoms with Crippen molar-refractivity contribution >= 4 is 5.97 Å². The van der Waals surface area contributed by atoms with Crippen LogP contribution in [0.4, 0.5) is 0 Å². The molecule has 0 aromatic heterocycles. The number of aliphatic carboxylic acids is 1. The Balaban J connectivity index is 2.47. The van der Waals surface area contributed by atoms with Crippen molar-refractivity contribution in [2.24, 2.45) is 11.8 Å². The van der Waals surface area contributed by atoms with Crippen LogP contribution in [0.2, 0.25) is 0 Å². The van der Waals surface area contributed by atoms with Crippen molar-refractivity contribution in [3.05, 3.63) is 0 Å². The third-order valence-corrected chi connectivity index (χ3v) is 3.31. The Morgan fingerprint density at radius 2 is 1.65 bits per heavy atom. The molecule has 0 spiro atoms. The van der Waals surface area contributed by atoms with Gasteiger partial charge in [-0.2, -0.15) is 0 Å². The highest BCUT2D eigenvalue weighted by atomic mass is 16.4. The van der Waals surface area contributed by atoms with Crippen molar-refractivity contribution in [1.29, 1.82) is 0 Å². The van der Waals surface area contributed by atoms with Gasteiger partial charge in [0.1, 0.15) is 6.04 Å². The summed E-state index contributed by atoms with van der Waals surface area (Å²) in [5.41, 5.74) is 0. The van der Waals surface area contributed by atoms with Crippen LogP contribution in [0, 0.1) is 11.8 Å². The molecule has 4 nitrogen and oxygen atoms in total. The molecular formula is C13H26N2O2. The second kappa shape index (κ2) is 6.36. The van der Waals surface area contributed by atoms with Crippen molar-refractivity contribution in [2.75, 3.05) is 32.7 Å². The summed E-state index contributed by atoms with van der Waals surface area (Å²) in [7, 11) is 0. The average Bonchev–Trinajstić information content (AvgIpc) is 2.18. The highest BCUT2D eigenvalue weighted by Crippen LogP contribution is 2.14. The first-order valence-electron chi connectivity index (χ1n) is 6.61. The minimum atomic E-state index is -0.683. The number of rotatable bonds is 5. The quantitative estimate of drug-likeness (QED) is 0.791. The second-order valence-electron chi connectivity index (χ2n) is 5.76. The standard InChI is InChI=1S/C13H26N2O2/c1-10(2)9-14-5-7-15(8-6-14)12(11(3)4)13(16)17/h10-12H,5-9H2,1-4H3,(H,16,17). The lowest BCUT2D eigenvalue weighted by atomic mass is 10.0. The summed E-state index contributed by atoms with van der Waals surface area (Å²) >= 11 is 0. The largest absolute Gasteiger partial charge is 0.480 e. The maximum absolute atomic E-state index is 11.2. The minimum absolute atomic E-state index is 0.171. The molecule has 1 fully saturated rings. The zero-order chi connectivity index (χ0) is 13.0. The Morgan fingerprint density at radius 1 is 1.12 bits per heavy atom. The van der Waals surface area contributed by atoms with Gasteiger partial charge in [0.25, 0.3) is 0 Å². The SMILES string of the molecule is CC(C)CN1CCN(C(C(=O)O)C(C)C)CC1. The molecule has 0 aliphatic carbocycles. The third kappa shape index (κ3) is 4.28. The molecular weight excluding hydrogens is 216 g/mol. The zero-order valence-corrected chi connectivity index (χ0v) is 11.5. The van der Waals surface area contributed by atoms with Crippen LogP contribution in [0.3, 0.4) is 0 Å². The van der Waals surface area contributed by atoms with E-state index in [-0.39, 0.29) is 12.0 Å². The molecule has 0 aromatic carbocycles. The van der Waals surface area contributed by atoms with Crippen LogP contribution < -0.4 is 0 Å². The van der Waals surface area contributed by atoms with Crippen LogP contribution >= 0.6 is 0 Å². The van der Waals surface area contributed by atoms with E-state index in [1.165, 1.54) is 0 Å². The number of hydrogen-bond acceptors (Lipinski definition) is 3. The lowest BCUT2D eigenvalue weighted by Crippen LogP contribution is -2.54. The van der Waals surface area contributed by atoms with Crippen LogP contribution in [-0.2, 0) is 4.79 Å². The summed E-state index contributed by atoms with van der Waals surface area (Å²) in [5, 5.41) is 9.25. The summed E-state index contributed by atoms with van der Waals surface area (Å²) in [6.07, 6.45) is 0. The van der Waals surface area contributed by atoms with Gasteiger partial charge in [-0.3, -0.25) is 9.69 Å². The maximum atomic E-state index is 11.2. The van der Waals surface area contributed by atoms with Crippen LogP contribution in [0.1, 0.15) is 27.7 Å². The minimum Gasteiger partial charge on any atom is -0.480 e. The van der Waals surface area contributed by atoms with E-state index in [0.717, 1.165) is 32.7 Å². The lowest BCUT2D eigenvalue weighted by Gasteiger charge is -2.39. The van der Waals surface area contributed by atoms with E-state index < -0.39 is 5.97 Å². The fourth-order valence-corrected chi connectivity index (χ4v) is 2.60. The maximum Gasteiger partial charge on any atom is 0.321 e. The molecule has 100 valence electrons. The summed E-state index contributed by atoms with van der Waals surface area (Å²) < 4.78 is 0. The number of carboxylic acid groups (broad SMARTS) is 1. The average molecular weight is 242 g/mol. The van der Waals surface area contributed by atoms with Gasteiger partial charge >= 0.3 is 5.97 Å². The van der Waals surface area contributed by atoms with E-state index in [9.17, 15) is 9.90 Å². The summed E-state index contributed by atoms with van der Waals surface area (Å²) in [5.74, 6) is 0.170. The van der Waals surface area contributed by atoms with E-state index >= 15 is 0 Å². The Morgan fingerprint density at radius 3 is 2.00 bits per heavy atom. The van der Waals surface area contributed by atoms with Crippen LogP contribution in [0.25, 0.3) is 0 Å². The third-order valence-electron chi connectivity index (χ3n) is 3.31. The fraction of sp³-hybridized carbons (Fsp3) is 0.923. The molecule has 1 rings (SSSR count). The predicted octanol–water partition coefficient (Wildman–Crippen LogP) is 1.37. The van der Waals surface area contributed by atoms with Gasteiger partial charge in [-0.15, -0.1) is 0 Å². The number of hydrogen-bond donors (Lipinski definition) is 1. The van der Waals surface area contributed by atoms with Crippen LogP contribution in [0.5, 0.6) is 0 Å². The summed E-state index contributed by atoms with van der Waals surface area (Å²) in [6, 6.07) is -0.323. The Labute approximate surface area is 105 Å². The van der Waals surface area contributed by atoms with E-state index in [1.54, 1.807) is 0 Å². The highest BCUT2D eigenvalue weighted by Gasteiger charge is 2.31. The highest BCUT2D eigenvalue weighted by molar-refractivity contribution is 5.73. The molecule has 1 saturated heterocycles. The van der Waals surface area contributed by atoms with Gasteiger partial charge in [-0.25, -0.2) is 0 Å². The molecule has 0 amide bonds. The molecule has 0 bridgehead atoms. The van der Waals surface area contributed by atoms with E-state index in [0.29, 0.717) is 5.92 Å². The van der Waals surface area contributed by atoms with Gasteiger partial charge < -0.3 is 10.0 Å². The molecule has 4 heteroatoms. The number of carbonyl (C=O) groups is 1. The Kier molecular flexibility index (Phi) is 5.40. The lowest BCUT2D eigenvalue weighted by molar-refractivity contribution is -0.146. The molecule has 0 radical (unpaired) electrons. The molecule has 1 atom stereocenters. The first-order chi connectivity index (χ1) is 7.91. The molecule has 1 aliphatic rings. The molecule has 1 N–H and O–H groups in total. The number of nitrogens with zero attached hydrogens (tertiary/aromatic N) is 2. The number of carboxylic acids is 1. The smallest absolute Gasteiger partial charge is 0.321 e.